The van der Waals surface area contributed by atoms with E-state index in [1.54, 1.807) is 20.3 Å². The van der Waals surface area contributed by atoms with Crippen molar-refractivity contribution in [3.05, 3.63) is 17.0 Å². The molecule has 0 aliphatic carbocycles. The van der Waals surface area contributed by atoms with Crippen molar-refractivity contribution in [3.63, 3.8) is 0 Å². The van der Waals surface area contributed by atoms with Gasteiger partial charge in [-0.25, -0.2) is 9.97 Å². The van der Waals surface area contributed by atoms with Crippen LogP contribution in [0.4, 0.5) is 5.82 Å². The van der Waals surface area contributed by atoms with Gasteiger partial charge in [0.05, 0.1) is 0 Å². The molecule has 1 fully saturated rings. The Hall–Kier alpha value is -0.910. The molecule has 0 aromatic carbocycles. The van der Waals surface area contributed by atoms with E-state index in [1.807, 2.05) is 6.92 Å². The molecule has 1 saturated heterocycles. The van der Waals surface area contributed by atoms with Gasteiger partial charge in [0.25, 0.3) is 0 Å². The van der Waals surface area contributed by atoms with Crippen molar-refractivity contribution in [2.75, 3.05) is 32.2 Å². The van der Waals surface area contributed by atoms with Crippen LogP contribution < -0.4 is 4.90 Å². The number of hydrogen-bond acceptors (Lipinski definition) is 5. The van der Waals surface area contributed by atoms with Gasteiger partial charge in [0, 0.05) is 39.8 Å². The summed E-state index contributed by atoms with van der Waals surface area (Å²) in [6.07, 6.45) is 0.894. The Morgan fingerprint density at radius 1 is 1.28 bits per heavy atom. The van der Waals surface area contributed by atoms with Crippen LogP contribution in [0.1, 0.15) is 12.7 Å². The first-order chi connectivity index (χ1) is 8.67. The van der Waals surface area contributed by atoms with Gasteiger partial charge < -0.3 is 14.4 Å². The fraction of sp³-hybridized carbons (Fsp3) is 0.667. The van der Waals surface area contributed by atoms with Crippen molar-refractivity contribution in [1.82, 2.24) is 9.97 Å². The number of aryl methyl sites for hydroxylation is 1. The van der Waals surface area contributed by atoms with Crippen LogP contribution in [0.5, 0.6) is 0 Å². The molecule has 0 amide bonds. The molecule has 1 aliphatic heterocycles. The quantitative estimate of drug-likeness (QED) is 0.778. The van der Waals surface area contributed by atoms with Gasteiger partial charge in [0.2, 0.25) is 0 Å². The first-order valence-electron chi connectivity index (χ1n) is 6.02. The standard InChI is InChI=1S/C12H18ClN3O2/c1-4-11-14-10(13)5-12(15-11)16-6-8(17-2)9(7-16)18-3/h5,8-9H,4,6-7H2,1-3H3. The molecule has 100 valence electrons. The maximum atomic E-state index is 6.01. The maximum Gasteiger partial charge on any atom is 0.134 e. The van der Waals surface area contributed by atoms with Gasteiger partial charge in [-0.1, -0.05) is 18.5 Å². The minimum atomic E-state index is 0.0637. The van der Waals surface area contributed by atoms with Gasteiger partial charge in [-0.15, -0.1) is 0 Å². The zero-order valence-electron chi connectivity index (χ0n) is 10.9. The largest absolute Gasteiger partial charge is 0.377 e. The van der Waals surface area contributed by atoms with Gasteiger partial charge in [-0.2, -0.15) is 0 Å². The van der Waals surface area contributed by atoms with Crippen LogP contribution >= 0.6 is 11.6 Å². The number of methoxy groups -OCH3 is 2. The van der Waals surface area contributed by atoms with Gasteiger partial charge in [-0.05, 0) is 0 Å². The molecule has 2 heterocycles. The normalized spacial score (nSPS) is 23.7. The number of ether oxygens (including phenoxy) is 2. The summed E-state index contributed by atoms with van der Waals surface area (Å²) in [5, 5.41) is 0.478. The lowest BCUT2D eigenvalue weighted by atomic mass is 10.3. The average Bonchev–Trinajstić information content (AvgIpc) is 2.81. The molecule has 0 radical (unpaired) electrons. The molecule has 2 unspecified atom stereocenters. The van der Waals surface area contributed by atoms with Crippen LogP contribution in [0.15, 0.2) is 6.07 Å². The second-order valence-corrected chi connectivity index (χ2v) is 4.66. The van der Waals surface area contributed by atoms with Crippen LogP contribution in [-0.2, 0) is 15.9 Å². The minimum absolute atomic E-state index is 0.0637. The SMILES string of the molecule is CCc1nc(Cl)cc(N2CC(OC)C(OC)C2)n1. The van der Waals surface area contributed by atoms with Gasteiger partial charge in [0.1, 0.15) is 29.0 Å². The third-order valence-electron chi connectivity index (χ3n) is 3.19. The minimum Gasteiger partial charge on any atom is -0.377 e. The molecule has 2 atom stereocenters. The lowest BCUT2D eigenvalue weighted by molar-refractivity contribution is -0.00461. The molecule has 0 saturated carbocycles. The van der Waals surface area contributed by atoms with Crippen molar-refractivity contribution in [1.29, 1.82) is 0 Å². The predicted molar refractivity (Wildman–Crippen MR) is 70.2 cm³/mol. The summed E-state index contributed by atoms with van der Waals surface area (Å²) < 4.78 is 10.8. The van der Waals surface area contributed by atoms with E-state index in [-0.39, 0.29) is 12.2 Å². The third kappa shape index (κ3) is 2.74. The molecule has 0 N–H and O–H groups in total. The topological polar surface area (TPSA) is 47.5 Å². The molecular weight excluding hydrogens is 254 g/mol. The average molecular weight is 272 g/mol. The highest BCUT2D eigenvalue weighted by molar-refractivity contribution is 6.29. The molecular formula is C12H18ClN3O2. The molecule has 1 aromatic rings. The van der Waals surface area contributed by atoms with Crippen LogP contribution in [0.3, 0.4) is 0 Å². The van der Waals surface area contributed by atoms with Crippen LogP contribution in [0.25, 0.3) is 0 Å². The highest BCUT2D eigenvalue weighted by Crippen LogP contribution is 2.23. The third-order valence-corrected chi connectivity index (χ3v) is 3.38. The van der Waals surface area contributed by atoms with Crippen molar-refractivity contribution in [2.45, 2.75) is 25.6 Å². The summed E-state index contributed by atoms with van der Waals surface area (Å²) in [6.45, 7) is 3.52. The Bertz CT molecular complexity index is 404. The highest BCUT2D eigenvalue weighted by Gasteiger charge is 2.33. The first kappa shape index (κ1) is 13.5. The first-order valence-corrected chi connectivity index (χ1v) is 6.39. The van der Waals surface area contributed by atoms with E-state index >= 15 is 0 Å². The number of halogens is 1. The maximum absolute atomic E-state index is 6.01. The van der Waals surface area contributed by atoms with Crippen LogP contribution in [0, 0.1) is 0 Å². The Kier molecular flexibility index (Phi) is 4.37. The predicted octanol–water partition coefficient (Wildman–Crippen LogP) is 1.54. The number of rotatable bonds is 4. The summed E-state index contributed by atoms with van der Waals surface area (Å²) in [5.41, 5.74) is 0. The van der Waals surface area contributed by atoms with Crippen molar-refractivity contribution in [2.24, 2.45) is 0 Å². The zero-order valence-corrected chi connectivity index (χ0v) is 11.6. The molecule has 18 heavy (non-hydrogen) atoms. The molecule has 2 rings (SSSR count). The van der Waals surface area contributed by atoms with E-state index in [0.717, 1.165) is 31.2 Å². The lowest BCUT2D eigenvalue weighted by Crippen LogP contribution is -2.27. The van der Waals surface area contributed by atoms with E-state index in [9.17, 15) is 0 Å². The number of anilines is 1. The van der Waals surface area contributed by atoms with Crippen LogP contribution in [0.2, 0.25) is 5.15 Å². The van der Waals surface area contributed by atoms with Crippen molar-refractivity contribution in [3.8, 4) is 0 Å². The Labute approximate surface area is 112 Å². The molecule has 1 aromatic heterocycles. The number of aromatic nitrogens is 2. The number of hydrogen-bond donors (Lipinski definition) is 0. The summed E-state index contributed by atoms with van der Waals surface area (Å²) in [7, 11) is 3.40. The molecule has 5 nitrogen and oxygen atoms in total. The lowest BCUT2D eigenvalue weighted by Gasteiger charge is -2.17. The van der Waals surface area contributed by atoms with E-state index in [0.29, 0.717) is 5.15 Å². The number of nitrogens with zero attached hydrogens (tertiary/aromatic N) is 3. The summed E-state index contributed by atoms with van der Waals surface area (Å²) in [4.78, 5) is 10.8. The van der Waals surface area contributed by atoms with E-state index in [2.05, 4.69) is 14.9 Å². The molecule has 1 aliphatic rings. The Balaban J connectivity index is 2.20. The van der Waals surface area contributed by atoms with Crippen LogP contribution in [-0.4, -0.2) is 49.5 Å². The van der Waals surface area contributed by atoms with E-state index < -0.39 is 0 Å². The second-order valence-electron chi connectivity index (χ2n) is 4.27. The van der Waals surface area contributed by atoms with Crippen molar-refractivity contribution < 1.29 is 9.47 Å². The molecule has 0 spiro atoms. The smallest absolute Gasteiger partial charge is 0.134 e. The summed E-state index contributed by atoms with van der Waals surface area (Å²) in [6, 6.07) is 1.78. The van der Waals surface area contributed by atoms with Gasteiger partial charge in [0.15, 0.2) is 0 Å². The van der Waals surface area contributed by atoms with E-state index in [4.69, 9.17) is 21.1 Å². The second kappa shape index (κ2) is 5.82. The summed E-state index contributed by atoms with van der Waals surface area (Å²) in [5.74, 6) is 1.60. The Morgan fingerprint density at radius 2 is 1.89 bits per heavy atom. The Morgan fingerprint density at radius 3 is 2.39 bits per heavy atom. The van der Waals surface area contributed by atoms with Gasteiger partial charge in [-0.3, -0.25) is 0 Å². The molecule has 6 heteroatoms. The summed E-state index contributed by atoms with van der Waals surface area (Å²) >= 11 is 6.01. The highest BCUT2D eigenvalue weighted by atomic mass is 35.5. The van der Waals surface area contributed by atoms with Gasteiger partial charge >= 0.3 is 0 Å². The monoisotopic (exact) mass is 271 g/mol. The zero-order chi connectivity index (χ0) is 13.1. The molecule has 0 bridgehead atoms. The fourth-order valence-electron chi connectivity index (χ4n) is 2.16. The van der Waals surface area contributed by atoms with Crippen molar-refractivity contribution >= 4 is 17.4 Å². The fourth-order valence-corrected chi connectivity index (χ4v) is 2.35. The van der Waals surface area contributed by atoms with E-state index in [1.165, 1.54) is 0 Å².